The number of likely N-dealkylation sites (tertiary alicyclic amines) is 1. The highest BCUT2D eigenvalue weighted by Gasteiger charge is 2.30. The number of Topliss-reactive ketones (excluding diaryl/α,β-unsaturated/α-hetero) is 1. The van der Waals surface area contributed by atoms with Crippen LogP contribution in [0.15, 0.2) is 41.5 Å². The third-order valence-electron chi connectivity index (χ3n) is 4.33. The highest BCUT2D eigenvalue weighted by molar-refractivity contribution is 9.10. The van der Waals surface area contributed by atoms with Gasteiger partial charge in [-0.3, -0.25) is 19.7 Å². The number of rotatable bonds is 6. The predicted molar refractivity (Wildman–Crippen MR) is 96.2 cm³/mol. The van der Waals surface area contributed by atoms with E-state index in [4.69, 9.17) is 0 Å². The molecular weight excluding hydrogens is 390 g/mol. The Bertz CT molecular complexity index is 883. The van der Waals surface area contributed by atoms with Gasteiger partial charge in [-0.05, 0) is 28.1 Å². The van der Waals surface area contributed by atoms with Crippen LogP contribution in [0.2, 0.25) is 0 Å². The van der Waals surface area contributed by atoms with Crippen molar-refractivity contribution in [3.8, 4) is 0 Å². The molecule has 1 fully saturated rings. The first-order valence-corrected chi connectivity index (χ1v) is 8.54. The van der Waals surface area contributed by atoms with Gasteiger partial charge in [0.05, 0.1) is 17.0 Å². The lowest BCUT2D eigenvalue weighted by Crippen LogP contribution is -2.50. The van der Waals surface area contributed by atoms with Crippen LogP contribution in [0.3, 0.4) is 0 Å². The molecule has 0 unspecified atom stereocenters. The van der Waals surface area contributed by atoms with Crippen molar-refractivity contribution in [1.29, 1.82) is 0 Å². The van der Waals surface area contributed by atoms with E-state index in [0.717, 1.165) is 5.52 Å². The lowest BCUT2D eigenvalue weighted by atomic mass is 9.94. The number of halogens is 1. The number of aromatic nitrogens is 1. The fourth-order valence-electron chi connectivity index (χ4n) is 3.07. The Hall–Kier alpha value is -2.48. The SMILES string of the molecule is C=CC(=O)N1CC(CC(=O)Cn2cc(Br)c3cc([N+](=O)[O-])ccc32)C1. The van der Waals surface area contributed by atoms with Crippen molar-refractivity contribution in [3.63, 3.8) is 0 Å². The summed E-state index contributed by atoms with van der Waals surface area (Å²) in [5.41, 5.74) is 0.779. The van der Waals surface area contributed by atoms with Crippen LogP contribution < -0.4 is 0 Å². The van der Waals surface area contributed by atoms with Crippen molar-refractivity contribution in [3.05, 3.63) is 51.6 Å². The van der Waals surface area contributed by atoms with Crippen molar-refractivity contribution in [2.24, 2.45) is 5.92 Å². The van der Waals surface area contributed by atoms with Crippen molar-refractivity contribution < 1.29 is 14.5 Å². The van der Waals surface area contributed by atoms with Crippen molar-refractivity contribution in [1.82, 2.24) is 9.47 Å². The summed E-state index contributed by atoms with van der Waals surface area (Å²) in [6.07, 6.45) is 3.45. The molecule has 130 valence electrons. The van der Waals surface area contributed by atoms with E-state index in [-0.39, 0.29) is 29.8 Å². The lowest BCUT2D eigenvalue weighted by molar-refractivity contribution is -0.384. The fraction of sp³-hybridized carbons (Fsp3) is 0.294. The van der Waals surface area contributed by atoms with Gasteiger partial charge in [0.25, 0.3) is 5.69 Å². The first kappa shape index (κ1) is 17.3. The number of nitro benzene ring substituents is 1. The Morgan fingerprint density at radius 2 is 2.12 bits per heavy atom. The van der Waals surface area contributed by atoms with Crippen LogP contribution in [-0.4, -0.2) is 39.2 Å². The minimum atomic E-state index is -0.443. The molecule has 1 amide bonds. The molecule has 1 saturated heterocycles. The summed E-state index contributed by atoms with van der Waals surface area (Å²) in [7, 11) is 0. The molecule has 0 radical (unpaired) electrons. The molecule has 0 atom stereocenters. The summed E-state index contributed by atoms with van der Waals surface area (Å²) in [6, 6.07) is 4.57. The topological polar surface area (TPSA) is 85.5 Å². The molecule has 2 heterocycles. The van der Waals surface area contributed by atoms with Gasteiger partial charge in [-0.1, -0.05) is 6.58 Å². The first-order valence-electron chi connectivity index (χ1n) is 7.75. The number of nitro groups is 1. The summed E-state index contributed by atoms with van der Waals surface area (Å²) in [5.74, 6) is 0.145. The Morgan fingerprint density at radius 3 is 2.76 bits per heavy atom. The predicted octanol–water partition coefficient (Wildman–Crippen LogP) is 2.92. The Morgan fingerprint density at radius 1 is 1.40 bits per heavy atom. The Labute approximate surface area is 152 Å². The molecule has 0 spiro atoms. The van der Waals surface area contributed by atoms with Crippen LogP contribution in [0.1, 0.15) is 6.42 Å². The van der Waals surface area contributed by atoms with E-state index < -0.39 is 4.92 Å². The summed E-state index contributed by atoms with van der Waals surface area (Å²) >= 11 is 3.39. The molecule has 1 aromatic carbocycles. The van der Waals surface area contributed by atoms with Crippen LogP contribution in [0.4, 0.5) is 5.69 Å². The van der Waals surface area contributed by atoms with E-state index in [1.54, 1.807) is 21.7 Å². The zero-order chi connectivity index (χ0) is 18.1. The molecule has 2 aromatic rings. The third kappa shape index (κ3) is 3.48. The van der Waals surface area contributed by atoms with Crippen LogP contribution in [0.5, 0.6) is 0 Å². The average Bonchev–Trinajstić information content (AvgIpc) is 2.85. The molecule has 8 heteroatoms. The standard InChI is InChI=1S/C17H16BrN3O4/c1-2-17(23)20-7-11(8-20)5-13(22)9-19-10-15(18)14-6-12(21(24)25)3-4-16(14)19/h2-4,6,10-11H,1,5,7-9H2. The molecule has 3 rings (SSSR count). The molecule has 1 aliphatic heterocycles. The monoisotopic (exact) mass is 405 g/mol. The molecule has 1 aromatic heterocycles. The number of nitrogens with zero attached hydrogens (tertiary/aromatic N) is 3. The first-order chi connectivity index (χ1) is 11.9. The molecule has 0 aliphatic carbocycles. The smallest absolute Gasteiger partial charge is 0.270 e. The maximum atomic E-state index is 12.3. The van der Waals surface area contributed by atoms with E-state index in [0.29, 0.717) is 29.4 Å². The minimum absolute atomic E-state index is 0.0127. The summed E-state index contributed by atoms with van der Waals surface area (Å²) < 4.78 is 2.50. The lowest BCUT2D eigenvalue weighted by Gasteiger charge is -2.38. The molecule has 0 saturated carbocycles. The number of hydrogen-bond donors (Lipinski definition) is 0. The quantitative estimate of drug-likeness (QED) is 0.420. The number of hydrogen-bond acceptors (Lipinski definition) is 4. The van der Waals surface area contributed by atoms with E-state index >= 15 is 0 Å². The Kier molecular flexibility index (Phi) is 4.71. The van der Waals surface area contributed by atoms with Crippen molar-refractivity contribution >= 4 is 44.2 Å². The van der Waals surface area contributed by atoms with Gasteiger partial charge >= 0.3 is 0 Å². The second-order valence-corrected chi connectivity index (χ2v) is 6.97. The number of non-ortho nitro benzene ring substituents is 1. The summed E-state index contributed by atoms with van der Waals surface area (Å²) in [4.78, 5) is 35.8. The number of carbonyl (C=O) groups excluding carboxylic acids is 2. The number of fused-ring (bicyclic) bond motifs is 1. The number of benzene rings is 1. The van der Waals surface area contributed by atoms with E-state index in [9.17, 15) is 19.7 Å². The molecule has 7 nitrogen and oxygen atoms in total. The largest absolute Gasteiger partial charge is 0.339 e. The zero-order valence-corrected chi connectivity index (χ0v) is 14.9. The van der Waals surface area contributed by atoms with Gasteiger partial charge in [0.1, 0.15) is 0 Å². The van der Waals surface area contributed by atoms with Crippen LogP contribution in [0, 0.1) is 16.0 Å². The van der Waals surface area contributed by atoms with Crippen LogP contribution in [-0.2, 0) is 16.1 Å². The second kappa shape index (κ2) is 6.79. The van der Waals surface area contributed by atoms with Crippen LogP contribution >= 0.6 is 15.9 Å². The maximum absolute atomic E-state index is 12.3. The second-order valence-electron chi connectivity index (χ2n) is 6.12. The molecule has 25 heavy (non-hydrogen) atoms. The van der Waals surface area contributed by atoms with Crippen molar-refractivity contribution in [2.75, 3.05) is 13.1 Å². The van der Waals surface area contributed by atoms with Gasteiger partial charge in [0, 0.05) is 53.6 Å². The Balaban J connectivity index is 1.67. The van der Waals surface area contributed by atoms with E-state index in [1.807, 2.05) is 0 Å². The molecule has 0 bridgehead atoms. The van der Waals surface area contributed by atoms with Crippen molar-refractivity contribution in [2.45, 2.75) is 13.0 Å². The summed E-state index contributed by atoms with van der Waals surface area (Å²) in [5, 5.41) is 11.6. The van der Waals surface area contributed by atoms with Gasteiger partial charge in [-0.15, -0.1) is 0 Å². The van der Waals surface area contributed by atoms with E-state index in [2.05, 4.69) is 22.5 Å². The van der Waals surface area contributed by atoms with Crippen LogP contribution in [0.25, 0.3) is 10.9 Å². The summed E-state index contributed by atoms with van der Waals surface area (Å²) in [6.45, 7) is 4.81. The highest BCUT2D eigenvalue weighted by atomic mass is 79.9. The average molecular weight is 406 g/mol. The van der Waals surface area contributed by atoms with Gasteiger partial charge in [0.15, 0.2) is 5.78 Å². The third-order valence-corrected chi connectivity index (χ3v) is 4.97. The number of amides is 1. The van der Waals surface area contributed by atoms with Gasteiger partial charge in [0.2, 0.25) is 5.91 Å². The molecule has 1 aliphatic rings. The van der Waals surface area contributed by atoms with Gasteiger partial charge < -0.3 is 9.47 Å². The minimum Gasteiger partial charge on any atom is -0.339 e. The normalized spacial score (nSPS) is 14.4. The molecule has 0 N–H and O–H groups in total. The highest BCUT2D eigenvalue weighted by Crippen LogP contribution is 2.30. The maximum Gasteiger partial charge on any atom is 0.270 e. The van der Waals surface area contributed by atoms with Gasteiger partial charge in [-0.25, -0.2) is 0 Å². The van der Waals surface area contributed by atoms with E-state index in [1.165, 1.54) is 18.2 Å². The number of ketones is 1. The fourth-order valence-corrected chi connectivity index (χ4v) is 3.64. The zero-order valence-electron chi connectivity index (χ0n) is 13.4. The number of carbonyl (C=O) groups is 2. The van der Waals surface area contributed by atoms with Gasteiger partial charge in [-0.2, -0.15) is 0 Å². The molecular formula is C17H16BrN3O4.